The standard InChI is InChI=1S/C10H14N2O2/c1-7(11)9(12-10(13)14)8-5-3-2-4-6-8/h2-7,9,12H,11H2,1H3,(H,13,14). The third-order valence-electron chi connectivity index (χ3n) is 1.96. The van der Waals surface area contributed by atoms with E-state index >= 15 is 0 Å². The quantitative estimate of drug-likeness (QED) is 0.679. The number of benzene rings is 1. The van der Waals surface area contributed by atoms with Crippen LogP contribution in [0.1, 0.15) is 18.5 Å². The van der Waals surface area contributed by atoms with Gasteiger partial charge in [-0.3, -0.25) is 0 Å². The minimum atomic E-state index is -1.06. The number of nitrogens with one attached hydrogen (secondary N) is 1. The van der Waals surface area contributed by atoms with Crippen molar-refractivity contribution < 1.29 is 9.90 Å². The fourth-order valence-electron chi connectivity index (χ4n) is 1.31. The van der Waals surface area contributed by atoms with Gasteiger partial charge in [-0.25, -0.2) is 4.79 Å². The molecule has 2 unspecified atom stereocenters. The van der Waals surface area contributed by atoms with Crippen molar-refractivity contribution in [2.45, 2.75) is 19.0 Å². The van der Waals surface area contributed by atoms with Gasteiger partial charge < -0.3 is 16.2 Å². The number of hydrogen-bond donors (Lipinski definition) is 3. The summed E-state index contributed by atoms with van der Waals surface area (Å²) in [5.41, 5.74) is 6.57. The van der Waals surface area contributed by atoms with E-state index in [0.29, 0.717) is 0 Å². The molecule has 76 valence electrons. The summed E-state index contributed by atoms with van der Waals surface area (Å²) in [6, 6.07) is 8.68. The lowest BCUT2D eigenvalue weighted by Crippen LogP contribution is -2.38. The van der Waals surface area contributed by atoms with Gasteiger partial charge in [0, 0.05) is 6.04 Å². The van der Waals surface area contributed by atoms with Crippen LogP contribution in [0.25, 0.3) is 0 Å². The zero-order chi connectivity index (χ0) is 10.6. The SMILES string of the molecule is CC(N)C(NC(=O)O)c1ccccc1. The normalized spacial score (nSPS) is 14.4. The molecule has 0 heterocycles. The number of amides is 1. The summed E-state index contributed by atoms with van der Waals surface area (Å²) in [6.07, 6.45) is -1.06. The molecule has 0 saturated carbocycles. The molecule has 1 aromatic rings. The van der Waals surface area contributed by atoms with E-state index in [1.807, 2.05) is 30.3 Å². The average molecular weight is 194 g/mol. The van der Waals surface area contributed by atoms with Crippen LogP contribution in [-0.2, 0) is 0 Å². The number of hydrogen-bond acceptors (Lipinski definition) is 2. The van der Waals surface area contributed by atoms with Gasteiger partial charge in [-0.2, -0.15) is 0 Å². The van der Waals surface area contributed by atoms with Gasteiger partial charge in [0.05, 0.1) is 6.04 Å². The first-order chi connectivity index (χ1) is 6.61. The highest BCUT2D eigenvalue weighted by Gasteiger charge is 2.17. The van der Waals surface area contributed by atoms with Crippen molar-refractivity contribution in [1.82, 2.24) is 5.32 Å². The summed E-state index contributed by atoms with van der Waals surface area (Å²) in [5, 5.41) is 11.0. The van der Waals surface area contributed by atoms with Crippen LogP contribution in [0.4, 0.5) is 4.79 Å². The summed E-state index contributed by atoms with van der Waals surface area (Å²) in [4.78, 5) is 10.5. The molecule has 0 aliphatic carbocycles. The fourth-order valence-corrected chi connectivity index (χ4v) is 1.31. The Labute approximate surface area is 82.7 Å². The van der Waals surface area contributed by atoms with E-state index in [-0.39, 0.29) is 12.1 Å². The molecule has 0 aliphatic rings. The van der Waals surface area contributed by atoms with Crippen molar-refractivity contribution in [3.63, 3.8) is 0 Å². The lowest BCUT2D eigenvalue weighted by atomic mass is 10.0. The van der Waals surface area contributed by atoms with Gasteiger partial charge >= 0.3 is 6.09 Å². The van der Waals surface area contributed by atoms with Crippen molar-refractivity contribution in [1.29, 1.82) is 0 Å². The van der Waals surface area contributed by atoms with Crippen LogP contribution < -0.4 is 11.1 Å². The molecule has 2 atom stereocenters. The molecular formula is C10H14N2O2. The van der Waals surface area contributed by atoms with Crippen molar-refractivity contribution in [2.75, 3.05) is 0 Å². The second-order valence-electron chi connectivity index (χ2n) is 3.20. The van der Waals surface area contributed by atoms with Crippen LogP contribution >= 0.6 is 0 Å². The summed E-state index contributed by atoms with van der Waals surface area (Å²) in [5.74, 6) is 0. The van der Waals surface area contributed by atoms with E-state index in [1.165, 1.54) is 0 Å². The molecule has 0 bridgehead atoms. The smallest absolute Gasteiger partial charge is 0.405 e. The number of carboxylic acid groups (broad SMARTS) is 1. The highest BCUT2D eigenvalue weighted by Crippen LogP contribution is 2.14. The minimum absolute atomic E-state index is 0.256. The van der Waals surface area contributed by atoms with Gasteiger partial charge in [0.25, 0.3) is 0 Å². The lowest BCUT2D eigenvalue weighted by molar-refractivity contribution is 0.188. The molecule has 1 amide bonds. The largest absolute Gasteiger partial charge is 0.465 e. The second kappa shape index (κ2) is 4.62. The van der Waals surface area contributed by atoms with Gasteiger partial charge in [0.15, 0.2) is 0 Å². The maximum Gasteiger partial charge on any atom is 0.405 e. The summed E-state index contributed by atoms with van der Waals surface area (Å²) < 4.78 is 0. The van der Waals surface area contributed by atoms with Crippen molar-refractivity contribution >= 4 is 6.09 Å². The van der Waals surface area contributed by atoms with Crippen LogP contribution in [0.15, 0.2) is 30.3 Å². The maximum atomic E-state index is 10.5. The summed E-state index contributed by atoms with van der Waals surface area (Å²) >= 11 is 0. The van der Waals surface area contributed by atoms with Crippen LogP contribution in [-0.4, -0.2) is 17.2 Å². The van der Waals surface area contributed by atoms with E-state index < -0.39 is 6.09 Å². The summed E-state index contributed by atoms with van der Waals surface area (Å²) in [7, 11) is 0. The third kappa shape index (κ3) is 2.74. The Kier molecular flexibility index (Phi) is 3.48. The molecule has 0 aliphatic heterocycles. The molecule has 14 heavy (non-hydrogen) atoms. The van der Waals surface area contributed by atoms with Gasteiger partial charge in [-0.05, 0) is 12.5 Å². The lowest BCUT2D eigenvalue weighted by Gasteiger charge is -2.20. The highest BCUT2D eigenvalue weighted by molar-refractivity contribution is 5.65. The van der Waals surface area contributed by atoms with Gasteiger partial charge in [-0.1, -0.05) is 30.3 Å². The first-order valence-electron chi connectivity index (χ1n) is 4.41. The molecule has 0 aromatic heterocycles. The Morgan fingerprint density at radius 3 is 2.43 bits per heavy atom. The molecule has 0 spiro atoms. The van der Waals surface area contributed by atoms with Crippen LogP contribution in [0, 0.1) is 0 Å². The predicted octanol–water partition coefficient (Wildman–Crippen LogP) is 1.34. The molecule has 4 nitrogen and oxygen atoms in total. The molecule has 0 fully saturated rings. The second-order valence-corrected chi connectivity index (χ2v) is 3.20. The molecule has 0 saturated heterocycles. The zero-order valence-corrected chi connectivity index (χ0v) is 7.97. The van der Waals surface area contributed by atoms with E-state index in [4.69, 9.17) is 10.8 Å². The van der Waals surface area contributed by atoms with Crippen LogP contribution in [0.3, 0.4) is 0 Å². The van der Waals surface area contributed by atoms with E-state index in [0.717, 1.165) is 5.56 Å². The van der Waals surface area contributed by atoms with Crippen molar-refractivity contribution in [3.05, 3.63) is 35.9 Å². The minimum Gasteiger partial charge on any atom is -0.465 e. The van der Waals surface area contributed by atoms with Gasteiger partial charge in [-0.15, -0.1) is 0 Å². The van der Waals surface area contributed by atoms with Gasteiger partial charge in [0.2, 0.25) is 0 Å². The van der Waals surface area contributed by atoms with Gasteiger partial charge in [0.1, 0.15) is 0 Å². The molecule has 1 aromatic carbocycles. The van der Waals surface area contributed by atoms with Crippen molar-refractivity contribution in [3.8, 4) is 0 Å². The molecule has 1 rings (SSSR count). The monoisotopic (exact) mass is 194 g/mol. The highest BCUT2D eigenvalue weighted by atomic mass is 16.4. The Morgan fingerprint density at radius 2 is 2.00 bits per heavy atom. The maximum absolute atomic E-state index is 10.5. The number of nitrogens with two attached hydrogens (primary N) is 1. The Hall–Kier alpha value is -1.55. The Balaban J connectivity index is 2.83. The van der Waals surface area contributed by atoms with E-state index in [1.54, 1.807) is 6.92 Å². The average Bonchev–Trinajstić information content (AvgIpc) is 2.15. The molecular weight excluding hydrogens is 180 g/mol. The van der Waals surface area contributed by atoms with Crippen molar-refractivity contribution in [2.24, 2.45) is 5.73 Å². The third-order valence-corrected chi connectivity index (χ3v) is 1.96. The Morgan fingerprint density at radius 1 is 1.43 bits per heavy atom. The van der Waals surface area contributed by atoms with Crippen LogP contribution in [0.5, 0.6) is 0 Å². The zero-order valence-electron chi connectivity index (χ0n) is 7.97. The first-order valence-corrected chi connectivity index (χ1v) is 4.41. The number of rotatable bonds is 3. The van der Waals surface area contributed by atoms with E-state index in [9.17, 15) is 4.79 Å². The fraction of sp³-hybridized carbons (Fsp3) is 0.300. The molecule has 4 N–H and O–H groups in total. The first kappa shape index (κ1) is 10.5. The van der Waals surface area contributed by atoms with E-state index in [2.05, 4.69) is 5.32 Å². The Bertz CT molecular complexity index is 298. The van der Waals surface area contributed by atoms with Crippen LogP contribution in [0.2, 0.25) is 0 Å². The predicted molar refractivity (Wildman–Crippen MR) is 54.0 cm³/mol. The molecule has 0 radical (unpaired) electrons. The topological polar surface area (TPSA) is 75.3 Å². The molecule has 4 heteroatoms. The summed E-state index contributed by atoms with van der Waals surface area (Å²) in [6.45, 7) is 1.77. The number of carbonyl (C=O) groups is 1.